The van der Waals surface area contributed by atoms with E-state index in [9.17, 15) is 22.9 Å². The predicted molar refractivity (Wildman–Crippen MR) is 108 cm³/mol. The van der Waals surface area contributed by atoms with Crippen LogP contribution in [0.4, 0.5) is 0 Å². The second-order valence-corrected chi connectivity index (χ2v) is 9.03. The van der Waals surface area contributed by atoms with E-state index in [4.69, 9.17) is 4.74 Å². The fraction of sp³-hybridized carbons (Fsp3) is 0.950. The van der Waals surface area contributed by atoms with E-state index in [1.54, 1.807) is 6.92 Å². The van der Waals surface area contributed by atoms with E-state index in [-0.39, 0.29) is 12.4 Å². The molecule has 0 saturated carbocycles. The SMILES string of the molecule is CCCCCCCCC(O)CCC(CCCCCC(=O)OCC)S(=O)(=O)O. The van der Waals surface area contributed by atoms with Gasteiger partial charge in [0, 0.05) is 6.42 Å². The number of ether oxygens (including phenoxy) is 1. The van der Waals surface area contributed by atoms with Gasteiger partial charge in [0.15, 0.2) is 0 Å². The Hall–Kier alpha value is -0.660. The van der Waals surface area contributed by atoms with Crippen LogP contribution in [0, 0.1) is 0 Å². The third-order valence-corrected chi connectivity index (χ3v) is 6.16. The minimum atomic E-state index is -4.11. The smallest absolute Gasteiger partial charge is 0.305 e. The number of hydrogen-bond donors (Lipinski definition) is 2. The lowest BCUT2D eigenvalue weighted by Gasteiger charge is -2.16. The Bertz CT molecular complexity index is 463. The molecule has 0 radical (unpaired) electrons. The first-order valence-electron chi connectivity index (χ1n) is 10.6. The highest BCUT2D eigenvalue weighted by Crippen LogP contribution is 2.19. The fourth-order valence-corrected chi connectivity index (χ4v) is 4.07. The molecule has 0 fully saturated rings. The van der Waals surface area contributed by atoms with Crippen LogP contribution in [0.5, 0.6) is 0 Å². The van der Waals surface area contributed by atoms with Crippen molar-refractivity contribution in [2.45, 2.75) is 115 Å². The van der Waals surface area contributed by atoms with Crippen LogP contribution in [-0.4, -0.2) is 42.0 Å². The lowest BCUT2D eigenvalue weighted by Crippen LogP contribution is -2.22. The fourth-order valence-electron chi connectivity index (χ4n) is 3.18. The summed E-state index contributed by atoms with van der Waals surface area (Å²) in [5, 5.41) is 9.23. The van der Waals surface area contributed by atoms with Crippen LogP contribution < -0.4 is 0 Å². The Labute approximate surface area is 165 Å². The number of aliphatic hydroxyl groups is 1. The summed E-state index contributed by atoms with van der Waals surface area (Å²) < 4.78 is 37.4. The van der Waals surface area contributed by atoms with Crippen LogP contribution in [-0.2, 0) is 19.6 Å². The molecule has 2 N–H and O–H groups in total. The molecule has 0 bridgehead atoms. The predicted octanol–water partition coefficient (Wildman–Crippen LogP) is 4.65. The lowest BCUT2D eigenvalue weighted by molar-refractivity contribution is -0.143. The molecule has 0 amide bonds. The summed E-state index contributed by atoms with van der Waals surface area (Å²) in [5.41, 5.74) is 0. The van der Waals surface area contributed by atoms with Crippen LogP contribution in [0.1, 0.15) is 104 Å². The Morgan fingerprint density at radius 3 is 2.07 bits per heavy atom. The summed E-state index contributed by atoms with van der Waals surface area (Å²) in [7, 11) is -4.11. The largest absolute Gasteiger partial charge is 0.466 e. The van der Waals surface area contributed by atoms with Crippen molar-refractivity contribution in [2.75, 3.05) is 6.61 Å². The summed E-state index contributed by atoms with van der Waals surface area (Å²) in [6.45, 7) is 4.30. The van der Waals surface area contributed by atoms with Crippen molar-refractivity contribution < 1.29 is 27.6 Å². The van der Waals surface area contributed by atoms with E-state index in [0.717, 1.165) is 12.8 Å². The number of rotatable bonds is 18. The van der Waals surface area contributed by atoms with Crippen molar-refractivity contribution in [1.82, 2.24) is 0 Å². The number of hydrogen-bond acceptors (Lipinski definition) is 5. The van der Waals surface area contributed by atoms with Gasteiger partial charge in [0.1, 0.15) is 0 Å². The van der Waals surface area contributed by atoms with Gasteiger partial charge in [-0.15, -0.1) is 0 Å². The maximum atomic E-state index is 11.6. The molecule has 6 nitrogen and oxygen atoms in total. The maximum Gasteiger partial charge on any atom is 0.305 e. The molecule has 0 aromatic carbocycles. The van der Waals surface area contributed by atoms with Crippen molar-refractivity contribution >= 4 is 16.1 Å². The number of unbranched alkanes of at least 4 members (excludes halogenated alkanes) is 7. The van der Waals surface area contributed by atoms with Gasteiger partial charge >= 0.3 is 5.97 Å². The summed E-state index contributed by atoms with van der Waals surface area (Å²) in [6.07, 6.45) is 10.4. The van der Waals surface area contributed by atoms with Crippen molar-refractivity contribution in [2.24, 2.45) is 0 Å². The van der Waals surface area contributed by atoms with E-state index in [0.29, 0.717) is 51.6 Å². The van der Waals surface area contributed by atoms with E-state index in [1.165, 1.54) is 25.7 Å². The van der Waals surface area contributed by atoms with Crippen molar-refractivity contribution in [3.8, 4) is 0 Å². The van der Waals surface area contributed by atoms with Gasteiger partial charge in [-0.05, 0) is 39.0 Å². The summed E-state index contributed by atoms with van der Waals surface area (Å²) in [6, 6.07) is 0. The standard InChI is InChI=1S/C20H40O6S/c1-3-5-6-7-8-10-13-18(21)16-17-19(27(23,24)25)14-11-9-12-15-20(22)26-4-2/h18-19,21H,3-17H2,1-2H3,(H,23,24,25). The van der Waals surface area contributed by atoms with Crippen LogP contribution in [0.25, 0.3) is 0 Å². The van der Waals surface area contributed by atoms with Crippen LogP contribution in [0.15, 0.2) is 0 Å². The van der Waals surface area contributed by atoms with Crippen LogP contribution >= 0.6 is 0 Å². The molecule has 0 spiro atoms. The highest BCUT2D eigenvalue weighted by molar-refractivity contribution is 7.86. The van der Waals surface area contributed by atoms with Crippen molar-refractivity contribution in [3.05, 3.63) is 0 Å². The Morgan fingerprint density at radius 1 is 0.852 bits per heavy atom. The van der Waals surface area contributed by atoms with Crippen LogP contribution in [0.2, 0.25) is 0 Å². The van der Waals surface area contributed by atoms with E-state index < -0.39 is 21.5 Å². The molecular weight excluding hydrogens is 368 g/mol. The second-order valence-electron chi connectivity index (χ2n) is 7.33. The highest BCUT2D eigenvalue weighted by atomic mass is 32.2. The normalized spacial score (nSPS) is 14.1. The Morgan fingerprint density at radius 2 is 1.44 bits per heavy atom. The molecule has 2 atom stereocenters. The Balaban J connectivity index is 3.98. The molecule has 0 aromatic rings. The van der Waals surface area contributed by atoms with E-state index in [1.807, 2.05) is 0 Å². The van der Waals surface area contributed by atoms with Gasteiger partial charge in [0.25, 0.3) is 10.1 Å². The summed E-state index contributed by atoms with van der Waals surface area (Å²) in [4.78, 5) is 11.3. The number of aliphatic hydroxyl groups excluding tert-OH is 1. The average molecular weight is 409 g/mol. The van der Waals surface area contributed by atoms with Crippen molar-refractivity contribution in [1.29, 1.82) is 0 Å². The molecule has 0 aliphatic heterocycles. The monoisotopic (exact) mass is 408 g/mol. The number of esters is 1. The molecular formula is C20H40O6S. The third kappa shape index (κ3) is 16.0. The van der Waals surface area contributed by atoms with Gasteiger partial charge in [0.05, 0.1) is 18.0 Å². The van der Waals surface area contributed by atoms with Gasteiger partial charge < -0.3 is 9.84 Å². The highest BCUT2D eigenvalue weighted by Gasteiger charge is 2.23. The molecule has 0 heterocycles. The zero-order valence-electron chi connectivity index (χ0n) is 17.2. The first kappa shape index (κ1) is 26.3. The third-order valence-electron chi connectivity index (χ3n) is 4.85. The van der Waals surface area contributed by atoms with E-state index >= 15 is 0 Å². The number of carbonyl (C=O) groups is 1. The second kappa shape index (κ2) is 16.3. The first-order chi connectivity index (χ1) is 12.8. The van der Waals surface area contributed by atoms with E-state index in [2.05, 4.69) is 6.92 Å². The minimum Gasteiger partial charge on any atom is -0.466 e. The average Bonchev–Trinajstić information content (AvgIpc) is 2.59. The van der Waals surface area contributed by atoms with Gasteiger partial charge in [-0.25, -0.2) is 0 Å². The molecule has 0 aliphatic carbocycles. The molecule has 162 valence electrons. The zero-order chi connectivity index (χ0) is 20.5. The molecule has 0 saturated heterocycles. The maximum absolute atomic E-state index is 11.6. The minimum absolute atomic E-state index is 0.235. The molecule has 0 aliphatic rings. The van der Waals surface area contributed by atoms with Gasteiger partial charge in [-0.3, -0.25) is 9.35 Å². The molecule has 0 rings (SSSR count). The Kier molecular flexibility index (Phi) is 15.9. The first-order valence-corrected chi connectivity index (χ1v) is 12.1. The summed E-state index contributed by atoms with van der Waals surface area (Å²) >= 11 is 0. The summed E-state index contributed by atoms with van der Waals surface area (Å²) in [5.74, 6) is -0.235. The van der Waals surface area contributed by atoms with Crippen LogP contribution in [0.3, 0.4) is 0 Å². The topological polar surface area (TPSA) is 101 Å². The van der Waals surface area contributed by atoms with Crippen molar-refractivity contribution in [3.63, 3.8) is 0 Å². The molecule has 0 aromatic heterocycles. The lowest BCUT2D eigenvalue weighted by atomic mass is 10.0. The van der Waals surface area contributed by atoms with Gasteiger partial charge in [-0.2, -0.15) is 8.42 Å². The molecule has 7 heteroatoms. The molecule has 2 unspecified atom stereocenters. The molecule has 27 heavy (non-hydrogen) atoms. The zero-order valence-corrected chi connectivity index (χ0v) is 18.0. The van der Waals surface area contributed by atoms with Gasteiger partial charge in [0.2, 0.25) is 0 Å². The number of carbonyl (C=O) groups excluding carboxylic acids is 1. The van der Waals surface area contributed by atoms with Gasteiger partial charge in [-0.1, -0.05) is 58.3 Å². The quantitative estimate of drug-likeness (QED) is 0.194.